The summed E-state index contributed by atoms with van der Waals surface area (Å²) >= 11 is 0. The number of carbonyl (C=O) groups excluding carboxylic acids is 2. The van der Waals surface area contributed by atoms with Gasteiger partial charge in [0.25, 0.3) is 5.91 Å². The van der Waals surface area contributed by atoms with Crippen LogP contribution in [0.15, 0.2) is 22.8 Å². The first-order valence-electron chi connectivity index (χ1n) is 6.94. The lowest BCUT2D eigenvalue weighted by Crippen LogP contribution is -2.50. The van der Waals surface area contributed by atoms with Crippen molar-refractivity contribution in [2.45, 2.75) is 25.8 Å². The molecule has 2 rings (SSSR count). The molecule has 0 spiro atoms. The van der Waals surface area contributed by atoms with Crippen LogP contribution in [-0.4, -0.2) is 53.8 Å². The second kappa shape index (κ2) is 8.05. The quantitative estimate of drug-likeness (QED) is 0.902. The molecule has 1 unspecified atom stereocenters. The van der Waals surface area contributed by atoms with Crippen LogP contribution in [0.1, 0.15) is 30.3 Å². The maximum atomic E-state index is 12.1. The summed E-state index contributed by atoms with van der Waals surface area (Å²) < 4.78 is 5.10. The van der Waals surface area contributed by atoms with Gasteiger partial charge in [0.1, 0.15) is 0 Å². The third kappa shape index (κ3) is 4.75. The van der Waals surface area contributed by atoms with Gasteiger partial charge < -0.3 is 20.0 Å². The molecule has 1 aromatic heterocycles. The van der Waals surface area contributed by atoms with E-state index in [0.29, 0.717) is 44.8 Å². The van der Waals surface area contributed by atoms with Crippen LogP contribution in [0.25, 0.3) is 0 Å². The van der Waals surface area contributed by atoms with E-state index >= 15 is 0 Å². The zero-order valence-corrected chi connectivity index (χ0v) is 13.0. The average Bonchev–Trinajstić information content (AvgIpc) is 2.98. The van der Waals surface area contributed by atoms with Gasteiger partial charge in [-0.3, -0.25) is 9.59 Å². The molecule has 0 aliphatic carbocycles. The van der Waals surface area contributed by atoms with E-state index in [9.17, 15) is 9.59 Å². The molecule has 0 saturated carbocycles. The number of piperazine rings is 1. The second-order valence-corrected chi connectivity index (χ2v) is 5.17. The van der Waals surface area contributed by atoms with Crippen molar-refractivity contribution in [1.82, 2.24) is 9.80 Å². The van der Waals surface area contributed by atoms with E-state index in [1.807, 2.05) is 6.92 Å². The van der Waals surface area contributed by atoms with E-state index in [1.165, 1.54) is 6.26 Å². The Labute approximate surface area is 130 Å². The summed E-state index contributed by atoms with van der Waals surface area (Å²) in [5.41, 5.74) is 5.65. The summed E-state index contributed by atoms with van der Waals surface area (Å²) in [6.07, 6.45) is 2.66. The topological polar surface area (TPSA) is 79.8 Å². The molecule has 1 aliphatic heterocycles. The van der Waals surface area contributed by atoms with E-state index in [-0.39, 0.29) is 30.3 Å². The smallest absolute Gasteiger partial charge is 0.289 e. The Kier molecular flexibility index (Phi) is 6.71. The molecular formula is C14H22ClN3O3. The molecule has 1 saturated heterocycles. The van der Waals surface area contributed by atoms with E-state index in [0.717, 1.165) is 0 Å². The van der Waals surface area contributed by atoms with Crippen LogP contribution >= 0.6 is 12.4 Å². The summed E-state index contributed by atoms with van der Waals surface area (Å²) in [6.45, 7) is 4.13. The van der Waals surface area contributed by atoms with E-state index in [1.54, 1.807) is 21.9 Å². The first-order valence-corrected chi connectivity index (χ1v) is 6.94. The van der Waals surface area contributed by atoms with Crippen molar-refractivity contribution in [2.75, 3.05) is 26.2 Å². The van der Waals surface area contributed by atoms with Gasteiger partial charge in [0.05, 0.1) is 6.26 Å². The summed E-state index contributed by atoms with van der Waals surface area (Å²) in [5.74, 6) is 0.354. The molecule has 1 aromatic rings. The first-order chi connectivity index (χ1) is 9.58. The Morgan fingerprint density at radius 3 is 2.43 bits per heavy atom. The highest BCUT2D eigenvalue weighted by Gasteiger charge is 2.25. The second-order valence-electron chi connectivity index (χ2n) is 5.17. The lowest BCUT2D eigenvalue weighted by Gasteiger charge is -2.34. The highest BCUT2D eigenvalue weighted by molar-refractivity contribution is 5.91. The van der Waals surface area contributed by atoms with E-state index < -0.39 is 0 Å². The normalized spacial score (nSPS) is 16.3. The Bertz CT molecular complexity index is 454. The maximum Gasteiger partial charge on any atom is 0.289 e. The van der Waals surface area contributed by atoms with E-state index in [2.05, 4.69) is 0 Å². The third-order valence-electron chi connectivity index (χ3n) is 3.47. The Balaban J connectivity index is 0.00000220. The molecular weight excluding hydrogens is 294 g/mol. The molecule has 1 fully saturated rings. The SMILES string of the molecule is CC(N)CCC(=O)N1CCN(C(=O)c2ccco2)CC1.Cl. The lowest BCUT2D eigenvalue weighted by molar-refractivity contribution is -0.132. The van der Waals surface area contributed by atoms with Crippen LogP contribution < -0.4 is 5.73 Å². The summed E-state index contributed by atoms with van der Waals surface area (Å²) in [6, 6.07) is 3.39. The fourth-order valence-corrected chi connectivity index (χ4v) is 2.22. The Morgan fingerprint density at radius 2 is 1.90 bits per heavy atom. The minimum Gasteiger partial charge on any atom is -0.459 e. The van der Waals surface area contributed by atoms with Crippen molar-refractivity contribution < 1.29 is 14.0 Å². The molecule has 1 atom stereocenters. The van der Waals surface area contributed by atoms with Gasteiger partial charge in [0, 0.05) is 38.6 Å². The molecule has 118 valence electrons. The number of halogens is 1. The van der Waals surface area contributed by atoms with Crippen LogP contribution in [0.5, 0.6) is 0 Å². The van der Waals surface area contributed by atoms with Gasteiger partial charge in [-0.2, -0.15) is 0 Å². The van der Waals surface area contributed by atoms with Crippen molar-refractivity contribution in [3.8, 4) is 0 Å². The van der Waals surface area contributed by atoms with Crippen molar-refractivity contribution >= 4 is 24.2 Å². The zero-order chi connectivity index (χ0) is 14.5. The number of carbonyl (C=O) groups is 2. The van der Waals surface area contributed by atoms with Crippen LogP contribution in [0.2, 0.25) is 0 Å². The molecule has 0 bridgehead atoms. The third-order valence-corrected chi connectivity index (χ3v) is 3.47. The van der Waals surface area contributed by atoms with Crippen LogP contribution in [-0.2, 0) is 4.79 Å². The summed E-state index contributed by atoms with van der Waals surface area (Å²) in [7, 11) is 0. The maximum absolute atomic E-state index is 12.1. The molecule has 2 N–H and O–H groups in total. The highest BCUT2D eigenvalue weighted by Crippen LogP contribution is 2.10. The van der Waals surface area contributed by atoms with Crippen LogP contribution in [0, 0.1) is 0 Å². The first kappa shape index (κ1) is 17.5. The number of rotatable bonds is 4. The summed E-state index contributed by atoms with van der Waals surface area (Å²) in [5, 5.41) is 0. The number of nitrogens with zero attached hydrogens (tertiary/aromatic N) is 2. The Morgan fingerprint density at radius 1 is 1.29 bits per heavy atom. The standard InChI is InChI=1S/C14H21N3O3.ClH/c1-11(15)4-5-13(18)16-6-8-17(9-7-16)14(19)12-3-2-10-20-12;/h2-3,10-11H,4-9,15H2,1H3;1H. The van der Waals surface area contributed by atoms with Gasteiger partial charge in [-0.05, 0) is 25.5 Å². The molecule has 0 aromatic carbocycles. The molecule has 2 heterocycles. The predicted molar refractivity (Wildman–Crippen MR) is 81.3 cm³/mol. The van der Waals surface area contributed by atoms with Gasteiger partial charge >= 0.3 is 0 Å². The van der Waals surface area contributed by atoms with E-state index in [4.69, 9.17) is 10.2 Å². The largest absolute Gasteiger partial charge is 0.459 e. The minimum atomic E-state index is -0.113. The predicted octanol–water partition coefficient (Wildman–Crippen LogP) is 1.11. The number of hydrogen-bond donors (Lipinski definition) is 1. The Hall–Kier alpha value is -1.53. The molecule has 0 radical (unpaired) electrons. The average molecular weight is 316 g/mol. The van der Waals surface area contributed by atoms with Gasteiger partial charge in [0.2, 0.25) is 5.91 Å². The number of nitrogens with two attached hydrogens (primary N) is 1. The zero-order valence-electron chi connectivity index (χ0n) is 12.2. The monoisotopic (exact) mass is 315 g/mol. The number of hydrogen-bond acceptors (Lipinski definition) is 4. The number of amides is 2. The molecule has 21 heavy (non-hydrogen) atoms. The van der Waals surface area contributed by atoms with Crippen molar-refractivity contribution in [3.05, 3.63) is 24.2 Å². The molecule has 1 aliphatic rings. The van der Waals surface area contributed by atoms with Crippen molar-refractivity contribution in [1.29, 1.82) is 0 Å². The van der Waals surface area contributed by atoms with Crippen molar-refractivity contribution in [2.24, 2.45) is 5.73 Å². The lowest BCUT2D eigenvalue weighted by atomic mass is 10.1. The van der Waals surface area contributed by atoms with Crippen LogP contribution in [0.3, 0.4) is 0 Å². The molecule has 6 nitrogen and oxygen atoms in total. The van der Waals surface area contributed by atoms with Gasteiger partial charge in [-0.1, -0.05) is 0 Å². The van der Waals surface area contributed by atoms with Crippen molar-refractivity contribution in [3.63, 3.8) is 0 Å². The molecule has 7 heteroatoms. The van der Waals surface area contributed by atoms with Gasteiger partial charge in [-0.15, -0.1) is 12.4 Å². The van der Waals surface area contributed by atoms with Gasteiger partial charge in [0.15, 0.2) is 5.76 Å². The number of furan rings is 1. The highest BCUT2D eigenvalue weighted by atomic mass is 35.5. The fourth-order valence-electron chi connectivity index (χ4n) is 2.22. The molecule has 2 amide bonds. The minimum absolute atomic E-state index is 0. The summed E-state index contributed by atoms with van der Waals surface area (Å²) in [4.78, 5) is 27.5. The van der Waals surface area contributed by atoms with Crippen LogP contribution in [0.4, 0.5) is 0 Å². The van der Waals surface area contributed by atoms with Gasteiger partial charge in [-0.25, -0.2) is 0 Å². The fraction of sp³-hybridized carbons (Fsp3) is 0.571.